The van der Waals surface area contributed by atoms with E-state index in [4.69, 9.17) is 16.6 Å². The lowest BCUT2D eigenvalue weighted by Gasteiger charge is -2.18. The summed E-state index contributed by atoms with van der Waals surface area (Å²) in [5, 5.41) is 20.1. The van der Waals surface area contributed by atoms with E-state index in [1.54, 1.807) is 18.2 Å². The molecule has 104 valence electrons. The van der Waals surface area contributed by atoms with E-state index in [-0.39, 0.29) is 11.5 Å². The summed E-state index contributed by atoms with van der Waals surface area (Å²) in [4.78, 5) is 4.71. The molecule has 4 heteroatoms. The normalized spacial score (nSPS) is 15.4. The first-order valence-electron chi connectivity index (χ1n) is 6.69. The van der Waals surface area contributed by atoms with Crippen molar-refractivity contribution in [3.05, 3.63) is 58.2 Å². The van der Waals surface area contributed by atoms with Gasteiger partial charge in [0.05, 0.1) is 16.4 Å². The molecule has 2 aliphatic rings. The number of hydrogen-bond acceptors (Lipinski definition) is 3. The minimum Gasteiger partial charge on any atom is -0.508 e. The van der Waals surface area contributed by atoms with Gasteiger partial charge in [0.25, 0.3) is 0 Å². The van der Waals surface area contributed by atoms with Gasteiger partial charge in [-0.3, -0.25) is 0 Å². The van der Waals surface area contributed by atoms with Gasteiger partial charge in [-0.25, -0.2) is 4.99 Å². The minimum absolute atomic E-state index is 0.193. The molecular formula is C17H12ClNO2. The molecular weight excluding hydrogens is 286 g/mol. The van der Waals surface area contributed by atoms with Crippen molar-refractivity contribution in [3.8, 4) is 11.5 Å². The van der Waals surface area contributed by atoms with Crippen molar-refractivity contribution in [2.24, 2.45) is 4.99 Å². The molecule has 0 radical (unpaired) electrons. The molecule has 0 fully saturated rings. The van der Waals surface area contributed by atoms with Crippen LogP contribution in [0.25, 0.3) is 5.03 Å². The molecule has 0 spiro atoms. The number of rotatable bonds is 0. The Labute approximate surface area is 126 Å². The van der Waals surface area contributed by atoms with E-state index < -0.39 is 0 Å². The van der Waals surface area contributed by atoms with Crippen molar-refractivity contribution >= 4 is 28.0 Å². The van der Waals surface area contributed by atoms with Crippen LogP contribution < -0.4 is 0 Å². The summed E-state index contributed by atoms with van der Waals surface area (Å²) in [6, 6.07) is 8.65. The zero-order valence-corrected chi connectivity index (χ0v) is 12.1. The molecule has 0 atom stereocenters. The predicted molar refractivity (Wildman–Crippen MR) is 83.6 cm³/mol. The highest BCUT2D eigenvalue weighted by molar-refractivity contribution is 6.55. The van der Waals surface area contributed by atoms with Crippen molar-refractivity contribution in [3.63, 3.8) is 0 Å². The molecule has 0 saturated carbocycles. The van der Waals surface area contributed by atoms with Crippen LogP contribution in [-0.4, -0.2) is 15.9 Å². The molecule has 21 heavy (non-hydrogen) atoms. The Morgan fingerprint density at radius 3 is 2.71 bits per heavy atom. The molecule has 1 aliphatic heterocycles. The summed E-state index contributed by atoms with van der Waals surface area (Å²) in [6.07, 6.45) is 0.642. The number of benzene rings is 2. The second-order valence-corrected chi connectivity index (χ2v) is 5.74. The van der Waals surface area contributed by atoms with Crippen LogP contribution in [0.15, 0.2) is 40.9 Å². The number of aromatic hydroxyl groups is 2. The Morgan fingerprint density at radius 1 is 1.10 bits per heavy atom. The van der Waals surface area contributed by atoms with Crippen molar-refractivity contribution in [1.82, 2.24) is 0 Å². The average Bonchev–Trinajstić information content (AvgIpc) is 2.74. The second-order valence-electron chi connectivity index (χ2n) is 5.37. The quantitative estimate of drug-likeness (QED) is 0.771. The van der Waals surface area contributed by atoms with Crippen LogP contribution >= 0.6 is 11.6 Å². The summed E-state index contributed by atoms with van der Waals surface area (Å²) in [6.45, 7) is 1.89. The Balaban J connectivity index is 1.99. The fourth-order valence-corrected chi connectivity index (χ4v) is 3.31. The smallest absolute Gasteiger partial charge is 0.118 e. The first-order valence-corrected chi connectivity index (χ1v) is 7.07. The summed E-state index contributed by atoms with van der Waals surface area (Å²) in [5.41, 5.74) is 6.31. The Hall–Kier alpha value is -2.26. The van der Waals surface area contributed by atoms with E-state index in [0.29, 0.717) is 11.5 Å². The van der Waals surface area contributed by atoms with Crippen LogP contribution in [0.3, 0.4) is 0 Å². The third-order valence-corrected chi connectivity index (χ3v) is 4.61. The van der Waals surface area contributed by atoms with Gasteiger partial charge in [-0.2, -0.15) is 0 Å². The highest BCUT2D eigenvalue weighted by Crippen LogP contribution is 2.45. The fraction of sp³-hybridized carbons (Fsp3) is 0.118. The molecule has 4 rings (SSSR count). The molecule has 2 aromatic carbocycles. The summed E-state index contributed by atoms with van der Waals surface area (Å²) >= 11 is 6.47. The van der Waals surface area contributed by atoms with Crippen LogP contribution in [0.4, 0.5) is 5.69 Å². The van der Waals surface area contributed by atoms with Gasteiger partial charge in [0, 0.05) is 23.1 Å². The third kappa shape index (κ3) is 1.64. The second kappa shape index (κ2) is 4.12. The van der Waals surface area contributed by atoms with E-state index in [1.165, 1.54) is 0 Å². The van der Waals surface area contributed by atoms with Gasteiger partial charge in [0.1, 0.15) is 11.5 Å². The Kier molecular flexibility index (Phi) is 2.45. The van der Waals surface area contributed by atoms with Crippen molar-refractivity contribution in [2.75, 3.05) is 0 Å². The molecule has 0 amide bonds. The first kappa shape index (κ1) is 12.5. The van der Waals surface area contributed by atoms with Gasteiger partial charge >= 0.3 is 0 Å². The topological polar surface area (TPSA) is 52.8 Å². The fourth-order valence-electron chi connectivity index (χ4n) is 2.99. The molecule has 2 aromatic rings. The molecule has 1 heterocycles. The zero-order valence-electron chi connectivity index (χ0n) is 11.3. The lowest BCUT2D eigenvalue weighted by Crippen LogP contribution is -2.09. The maximum absolute atomic E-state index is 9.86. The highest BCUT2D eigenvalue weighted by atomic mass is 35.5. The highest BCUT2D eigenvalue weighted by Gasteiger charge is 2.31. The SMILES string of the molecule is Cc1c(O)ccc2c1CC1=C(Cl)c3cc(O)ccc3C1=N2. The summed E-state index contributed by atoms with van der Waals surface area (Å²) < 4.78 is 0. The summed E-state index contributed by atoms with van der Waals surface area (Å²) in [7, 11) is 0. The molecule has 0 aromatic heterocycles. The van der Waals surface area contributed by atoms with Crippen LogP contribution in [0, 0.1) is 6.92 Å². The maximum Gasteiger partial charge on any atom is 0.118 e. The molecule has 2 N–H and O–H groups in total. The van der Waals surface area contributed by atoms with E-state index in [9.17, 15) is 10.2 Å². The molecule has 0 unspecified atom stereocenters. The van der Waals surface area contributed by atoms with Crippen LogP contribution in [0.2, 0.25) is 0 Å². The molecule has 3 nitrogen and oxygen atoms in total. The summed E-state index contributed by atoms with van der Waals surface area (Å²) in [5.74, 6) is 0.468. The zero-order chi connectivity index (χ0) is 14.7. The maximum atomic E-state index is 9.86. The van der Waals surface area contributed by atoms with E-state index in [2.05, 4.69) is 0 Å². The van der Waals surface area contributed by atoms with E-state index >= 15 is 0 Å². The van der Waals surface area contributed by atoms with E-state index in [0.717, 1.165) is 39.2 Å². The first-order chi connectivity index (χ1) is 10.1. The van der Waals surface area contributed by atoms with Gasteiger partial charge in [-0.15, -0.1) is 0 Å². The largest absolute Gasteiger partial charge is 0.508 e. The predicted octanol–water partition coefficient (Wildman–Crippen LogP) is 4.05. The van der Waals surface area contributed by atoms with Gasteiger partial charge < -0.3 is 10.2 Å². The number of fused-ring (bicyclic) bond motifs is 4. The van der Waals surface area contributed by atoms with Crippen molar-refractivity contribution < 1.29 is 10.2 Å². The van der Waals surface area contributed by atoms with Gasteiger partial charge in [-0.05, 0) is 48.4 Å². The Morgan fingerprint density at radius 2 is 1.90 bits per heavy atom. The number of allylic oxidation sites excluding steroid dienone is 1. The number of halogens is 1. The molecule has 0 bridgehead atoms. The Bertz CT molecular complexity index is 865. The van der Waals surface area contributed by atoms with E-state index in [1.807, 2.05) is 19.1 Å². The van der Waals surface area contributed by atoms with Crippen LogP contribution in [0.1, 0.15) is 22.3 Å². The monoisotopic (exact) mass is 297 g/mol. The van der Waals surface area contributed by atoms with Crippen LogP contribution in [-0.2, 0) is 6.42 Å². The van der Waals surface area contributed by atoms with Crippen molar-refractivity contribution in [2.45, 2.75) is 13.3 Å². The lowest BCUT2D eigenvalue weighted by molar-refractivity contribution is 0.470. The van der Waals surface area contributed by atoms with Gasteiger partial charge in [0.15, 0.2) is 0 Å². The van der Waals surface area contributed by atoms with Crippen molar-refractivity contribution in [1.29, 1.82) is 0 Å². The van der Waals surface area contributed by atoms with Crippen LogP contribution in [0.5, 0.6) is 11.5 Å². The number of hydrogen-bond donors (Lipinski definition) is 2. The number of aliphatic imine (C=N–C) groups is 1. The van der Waals surface area contributed by atoms with Gasteiger partial charge in [-0.1, -0.05) is 11.6 Å². The molecule has 1 aliphatic carbocycles. The average molecular weight is 298 g/mol. The standard InChI is InChI=1S/C17H12ClNO2/c1-8-11-7-13-16(18)12-6-9(20)2-3-10(12)17(13)19-14(11)4-5-15(8)21/h2-6,20-21H,7H2,1H3. The minimum atomic E-state index is 0.193. The number of phenolic OH excluding ortho intramolecular Hbond substituents is 2. The number of phenols is 2. The molecule has 0 saturated heterocycles. The third-order valence-electron chi connectivity index (χ3n) is 4.18. The number of nitrogens with zero attached hydrogens (tertiary/aromatic N) is 1. The van der Waals surface area contributed by atoms with Gasteiger partial charge in [0.2, 0.25) is 0 Å². The lowest BCUT2D eigenvalue weighted by atomic mass is 9.93.